The molecular formula is C16H22N2OS. The van der Waals surface area contributed by atoms with Gasteiger partial charge < -0.3 is 10.6 Å². The van der Waals surface area contributed by atoms with E-state index in [-0.39, 0.29) is 11.8 Å². The Morgan fingerprint density at radius 1 is 1.40 bits per heavy atom. The van der Waals surface area contributed by atoms with Gasteiger partial charge in [-0.2, -0.15) is 11.8 Å². The standard InChI is InChI=1S/C16H22N2OS/c1-2-20-12-8-7-11(9-12)18-16(19)14-10-17-15-6-4-3-5-13(14)15/h3-6,11-12,14,17H,2,7-10H2,1H3,(H,18,19). The first-order valence-corrected chi connectivity index (χ1v) is 8.57. The molecule has 2 aliphatic rings. The van der Waals surface area contributed by atoms with Crippen LogP contribution in [0.4, 0.5) is 5.69 Å². The molecule has 3 rings (SSSR count). The smallest absolute Gasteiger partial charge is 0.229 e. The maximum absolute atomic E-state index is 12.5. The van der Waals surface area contributed by atoms with Crippen molar-refractivity contribution in [2.75, 3.05) is 17.6 Å². The number of thioether (sulfide) groups is 1. The van der Waals surface area contributed by atoms with Gasteiger partial charge in [-0.1, -0.05) is 25.1 Å². The molecule has 0 aromatic heterocycles. The minimum Gasteiger partial charge on any atom is -0.384 e. The van der Waals surface area contributed by atoms with Gasteiger partial charge in [0.05, 0.1) is 5.92 Å². The molecule has 1 saturated carbocycles. The number of hydrogen-bond acceptors (Lipinski definition) is 3. The zero-order valence-electron chi connectivity index (χ0n) is 11.9. The van der Waals surface area contributed by atoms with Crippen molar-refractivity contribution in [2.24, 2.45) is 0 Å². The molecule has 20 heavy (non-hydrogen) atoms. The van der Waals surface area contributed by atoms with Crippen LogP contribution in [0.1, 0.15) is 37.7 Å². The Balaban J connectivity index is 1.59. The number of carbonyl (C=O) groups is 1. The Morgan fingerprint density at radius 2 is 2.25 bits per heavy atom. The molecule has 1 amide bonds. The molecule has 1 aromatic rings. The van der Waals surface area contributed by atoms with Crippen LogP contribution in [0.3, 0.4) is 0 Å². The highest BCUT2D eigenvalue weighted by molar-refractivity contribution is 7.99. The monoisotopic (exact) mass is 290 g/mol. The number of nitrogens with one attached hydrogen (secondary N) is 2. The average Bonchev–Trinajstić information content (AvgIpc) is 3.06. The van der Waals surface area contributed by atoms with E-state index in [4.69, 9.17) is 0 Å². The van der Waals surface area contributed by atoms with E-state index in [1.165, 1.54) is 12.2 Å². The van der Waals surface area contributed by atoms with Crippen LogP contribution in [-0.2, 0) is 4.79 Å². The third kappa shape index (κ3) is 2.80. The van der Waals surface area contributed by atoms with Crippen molar-refractivity contribution >= 4 is 23.4 Å². The lowest BCUT2D eigenvalue weighted by atomic mass is 10.00. The lowest BCUT2D eigenvalue weighted by Crippen LogP contribution is -2.37. The van der Waals surface area contributed by atoms with Crippen LogP contribution >= 0.6 is 11.8 Å². The predicted molar refractivity (Wildman–Crippen MR) is 85.4 cm³/mol. The average molecular weight is 290 g/mol. The summed E-state index contributed by atoms with van der Waals surface area (Å²) in [4.78, 5) is 12.5. The number of hydrogen-bond donors (Lipinski definition) is 2. The molecule has 0 saturated heterocycles. The van der Waals surface area contributed by atoms with E-state index in [0.717, 1.165) is 35.9 Å². The molecule has 3 atom stereocenters. The second-order valence-corrected chi connectivity index (χ2v) is 7.19. The van der Waals surface area contributed by atoms with E-state index in [9.17, 15) is 4.79 Å². The number of amides is 1. The summed E-state index contributed by atoms with van der Waals surface area (Å²) < 4.78 is 0. The molecule has 1 aliphatic carbocycles. The van der Waals surface area contributed by atoms with Gasteiger partial charge in [0.1, 0.15) is 0 Å². The molecule has 1 aromatic carbocycles. The number of para-hydroxylation sites is 1. The van der Waals surface area contributed by atoms with E-state index in [1.807, 2.05) is 30.0 Å². The highest BCUT2D eigenvalue weighted by Crippen LogP contribution is 2.33. The molecule has 2 N–H and O–H groups in total. The number of carbonyl (C=O) groups excluding carboxylic acids is 1. The first-order valence-electron chi connectivity index (χ1n) is 7.52. The van der Waals surface area contributed by atoms with Crippen LogP contribution in [0.2, 0.25) is 0 Å². The van der Waals surface area contributed by atoms with Crippen LogP contribution in [0.5, 0.6) is 0 Å². The van der Waals surface area contributed by atoms with Crippen LogP contribution in [-0.4, -0.2) is 29.5 Å². The Labute approximate surface area is 124 Å². The van der Waals surface area contributed by atoms with Crippen molar-refractivity contribution in [2.45, 2.75) is 43.4 Å². The third-order valence-electron chi connectivity index (χ3n) is 4.28. The van der Waals surface area contributed by atoms with E-state index in [0.29, 0.717) is 6.04 Å². The van der Waals surface area contributed by atoms with Crippen LogP contribution in [0, 0.1) is 0 Å². The first-order chi connectivity index (χ1) is 9.78. The van der Waals surface area contributed by atoms with Crippen molar-refractivity contribution in [3.63, 3.8) is 0 Å². The maximum atomic E-state index is 12.5. The fraction of sp³-hybridized carbons (Fsp3) is 0.562. The number of rotatable bonds is 4. The van der Waals surface area contributed by atoms with Crippen molar-refractivity contribution in [1.82, 2.24) is 5.32 Å². The highest BCUT2D eigenvalue weighted by atomic mass is 32.2. The van der Waals surface area contributed by atoms with Crippen LogP contribution < -0.4 is 10.6 Å². The summed E-state index contributed by atoms with van der Waals surface area (Å²) in [6.07, 6.45) is 3.50. The summed E-state index contributed by atoms with van der Waals surface area (Å²) in [5.74, 6) is 1.34. The molecule has 3 nitrogen and oxygen atoms in total. The molecule has 1 aliphatic heterocycles. The van der Waals surface area contributed by atoms with Gasteiger partial charge in [-0.05, 0) is 36.6 Å². The van der Waals surface area contributed by atoms with Gasteiger partial charge in [-0.25, -0.2) is 0 Å². The second kappa shape index (κ2) is 6.08. The molecule has 1 heterocycles. The van der Waals surface area contributed by atoms with Gasteiger partial charge in [-0.3, -0.25) is 4.79 Å². The van der Waals surface area contributed by atoms with E-state index in [1.54, 1.807) is 0 Å². The zero-order chi connectivity index (χ0) is 13.9. The predicted octanol–water partition coefficient (Wildman–Crippen LogP) is 2.99. The molecule has 1 fully saturated rings. The lowest BCUT2D eigenvalue weighted by Gasteiger charge is -2.16. The molecule has 4 heteroatoms. The Morgan fingerprint density at radius 3 is 3.10 bits per heavy atom. The quantitative estimate of drug-likeness (QED) is 0.895. The second-order valence-electron chi connectivity index (χ2n) is 5.62. The van der Waals surface area contributed by atoms with Gasteiger partial charge >= 0.3 is 0 Å². The van der Waals surface area contributed by atoms with E-state index < -0.39 is 0 Å². The molecule has 0 radical (unpaired) electrons. The third-order valence-corrected chi connectivity index (χ3v) is 5.52. The first kappa shape index (κ1) is 13.8. The minimum absolute atomic E-state index is 0.0240. The summed E-state index contributed by atoms with van der Waals surface area (Å²) in [7, 11) is 0. The van der Waals surface area contributed by atoms with E-state index >= 15 is 0 Å². The van der Waals surface area contributed by atoms with Gasteiger partial charge in [0.2, 0.25) is 5.91 Å². The van der Waals surface area contributed by atoms with Gasteiger partial charge in [0.15, 0.2) is 0 Å². The topological polar surface area (TPSA) is 41.1 Å². The number of benzene rings is 1. The molecule has 0 bridgehead atoms. The van der Waals surface area contributed by atoms with E-state index in [2.05, 4.69) is 23.6 Å². The normalized spacial score (nSPS) is 27.9. The van der Waals surface area contributed by atoms with Crippen LogP contribution in [0.15, 0.2) is 24.3 Å². The molecular weight excluding hydrogens is 268 g/mol. The van der Waals surface area contributed by atoms with Crippen molar-refractivity contribution in [3.05, 3.63) is 29.8 Å². The molecule has 3 unspecified atom stereocenters. The summed E-state index contributed by atoms with van der Waals surface area (Å²) in [6.45, 7) is 2.93. The number of fused-ring (bicyclic) bond motifs is 1. The van der Waals surface area contributed by atoms with Crippen molar-refractivity contribution in [1.29, 1.82) is 0 Å². The number of anilines is 1. The Hall–Kier alpha value is -1.16. The van der Waals surface area contributed by atoms with Crippen LogP contribution in [0.25, 0.3) is 0 Å². The van der Waals surface area contributed by atoms with Gasteiger partial charge in [-0.15, -0.1) is 0 Å². The maximum Gasteiger partial charge on any atom is 0.229 e. The molecule has 0 spiro atoms. The molecule has 108 valence electrons. The fourth-order valence-corrected chi connectivity index (χ4v) is 4.42. The Bertz CT molecular complexity index is 491. The summed E-state index contributed by atoms with van der Waals surface area (Å²) in [5.41, 5.74) is 2.25. The van der Waals surface area contributed by atoms with Gasteiger partial charge in [0.25, 0.3) is 0 Å². The Kier molecular flexibility index (Phi) is 4.20. The minimum atomic E-state index is -0.0240. The summed E-state index contributed by atoms with van der Waals surface area (Å²) in [6, 6.07) is 8.50. The fourth-order valence-electron chi connectivity index (χ4n) is 3.28. The van der Waals surface area contributed by atoms with Crippen molar-refractivity contribution < 1.29 is 4.79 Å². The highest BCUT2D eigenvalue weighted by Gasteiger charge is 2.31. The van der Waals surface area contributed by atoms with Crippen molar-refractivity contribution in [3.8, 4) is 0 Å². The summed E-state index contributed by atoms with van der Waals surface area (Å²) >= 11 is 2.03. The largest absolute Gasteiger partial charge is 0.384 e. The summed E-state index contributed by atoms with van der Waals surface area (Å²) in [5, 5.41) is 7.31. The van der Waals surface area contributed by atoms with Gasteiger partial charge in [0, 0.05) is 23.5 Å². The lowest BCUT2D eigenvalue weighted by molar-refractivity contribution is -0.122. The SMILES string of the molecule is CCSC1CCC(NC(=O)C2CNc3ccccc32)C1. The zero-order valence-corrected chi connectivity index (χ0v) is 12.7.